The predicted molar refractivity (Wildman–Crippen MR) is 39.0 cm³/mol. The fraction of sp³-hybridized carbons (Fsp3) is 0. The van der Waals surface area contributed by atoms with Crippen LogP contribution in [-0.2, 0) is 0 Å². The summed E-state index contributed by atoms with van der Waals surface area (Å²) in [5.41, 5.74) is 0. The number of halogens is 4. The van der Waals surface area contributed by atoms with Crippen LogP contribution in [0.4, 0.5) is 2.86 Å². The second-order valence-electron chi connectivity index (χ2n) is 1.58. The van der Waals surface area contributed by atoms with E-state index in [9.17, 15) is 2.86 Å². The Kier molecular flexibility index (Phi) is 4.78. The molecule has 4 heteroatoms. The normalized spacial score (nSPS) is 10.6. The minimum absolute atomic E-state index is 0.107. The van der Waals surface area contributed by atoms with E-state index in [0.717, 1.165) is 3.57 Å². The molecule has 0 atom stereocenters. The first-order chi connectivity index (χ1) is 4.86. The molecule has 0 unspecified atom stereocenters. The van der Waals surface area contributed by atoms with Gasteiger partial charge in [-0.25, -0.2) is 0 Å². The molecule has 0 aromatic heterocycles. The minimum atomic E-state index is -1.20. The van der Waals surface area contributed by atoms with Crippen molar-refractivity contribution in [3.05, 3.63) is 31.4 Å². The van der Waals surface area contributed by atoms with Crippen LogP contribution >= 0.6 is 18.6 Å². The van der Waals surface area contributed by atoms with Crippen LogP contribution in [0.15, 0.2) is 24.3 Å². The van der Waals surface area contributed by atoms with Gasteiger partial charge in [-0.1, -0.05) is 0 Å². The monoisotopic (exact) mass is 476 g/mol. The van der Waals surface area contributed by atoms with Crippen LogP contribution in [-0.4, -0.2) is 0 Å². The van der Waals surface area contributed by atoms with E-state index < -0.39 is 21.8 Å². The molecule has 0 aliphatic carbocycles. The van der Waals surface area contributed by atoms with Crippen LogP contribution in [0.3, 0.4) is 0 Å². The molecule has 0 spiro atoms. The summed E-state index contributed by atoms with van der Waals surface area (Å²) in [7, 11) is 0. The van der Waals surface area contributed by atoms with E-state index >= 15 is 0 Å². The first-order valence-electron chi connectivity index (χ1n) is 2.49. The van der Waals surface area contributed by atoms with Crippen LogP contribution in [0.2, 0.25) is 0 Å². The van der Waals surface area contributed by atoms with Crippen molar-refractivity contribution in [2.45, 2.75) is 0 Å². The van der Waals surface area contributed by atoms with Crippen LogP contribution in [0.25, 0.3) is 0 Å². The fourth-order valence-corrected chi connectivity index (χ4v) is 4.44. The van der Waals surface area contributed by atoms with Gasteiger partial charge in [0, 0.05) is 0 Å². The average Bonchev–Trinajstić information content (AvgIpc) is 2.05. The van der Waals surface area contributed by atoms with Crippen molar-refractivity contribution in [1.82, 2.24) is 0 Å². The van der Waals surface area contributed by atoms with E-state index in [1.807, 2.05) is 18.2 Å². The third kappa shape index (κ3) is 2.76. The summed E-state index contributed by atoms with van der Waals surface area (Å²) in [4.78, 5) is 0. The summed E-state index contributed by atoms with van der Waals surface area (Å²) in [6.07, 6.45) is 0. The maximum absolute atomic E-state index is 12.2. The molecular weight excluding hydrogens is 472 g/mol. The van der Waals surface area contributed by atoms with Gasteiger partial charge in [0.15, 0.2) is 0 Å². The van der Waals surface area contributed by atoms with Crippen molar-refractivity contribution >= 4 is 18.6 Å². The third-order valence-corrected chi connectivity index (χ3v) is 6.39. The Hall–Kier alpha value is 1.34. The Morgan fingerprint density at radius 3 is 2.60 bits per heavy atom. The Labute approximate surface area is 90.4 Å². The van der Waals surface area contributed by atoms with Gasteiger partial charge < -0.3 is 0 Å². The standard InChI is InChI=1S/C6H4FI3/c7-9-5-2-1-3-6(4-5)10-8/h1-4H/q-2. The predicted octanol–water partition coefficient (Wildman–Crippen LogP) is -3.56. The molecule has 0 heterocycles. The molecule has 1 aromatic carbocycles. The molecule has 0 nitrogen and oxygen atoms in total. The van der Waals surface area contributed by atoms with Crippen molar-refractivity contribution in [1.29, 1.82) is 0 Å². The van der Waals surface area contributed by atoms with Gasteiger partial charge >= 0.3 is 91.9 Å². The van der Waals surface area contributed by atoms with Gasteiger partial charge in [-0.3, -0.25) is 0 Å². The van der Waals surface area contributed by atoms with Crippen LogP contribution < -0.4 is 39.0 Å². The van der Waals surface area contributed by atoms with Crippen LogP contribution in [0.1, 0.15) is 0 Å². The molecule has 0 fully saturated rings. The van der Waals surface area contributed by atoms with Gasteiger partial charge in [0.05, 0.1) is 0 Å². The molecule has 1 rings (SSSR count). The summed E-state index contributed by atoms with van der Waals surface area (Å²) in [6.45, 7) is 0. The summed E-state index contributed by atoms with van der Waals surface area (Å²) in [5.74, 6) is 0. The molecule has 0 saturated carbocycles. The SMILES string of the molecule is F[I-]c1cccc([I-]I)c1. The summed E-state index contributed by atoms with van der Waals surface area (Å²) in [5, 5.41) is 0. The Morgan fingerprint density at radius 1 is 1.30 bits per heavy atom. The maximum atomic E-state index is 12.2. The zero-order valence-electron chi connectivity index (χ0n) is 4.82. The van der Waals surface area contributed by atoms with E-state index in [0.29, 0.717) is 0 Å². The molecule has 0 saturated heterocycles. The van der Waals surface area contributed by atoms with Crippen molar-refractivity contribution in [2.24, 2.45) is 0 Å². The summed E-state index contributed by atoms with van der Waals surface area (Å²) < 4.78 is 14.4. The average molecular weight is 476 g/mol. The fourth-order valence-electron chi connectivity index (χ4n) is 0.549. The molecule has 10 heavy (non-hydrogen) atoms. The first-order valence-corrected chi connectivity index (χ1v) is 11.7. The second-order valence-corrected chi connectivity index (χ2v) is 7.62. The molecule has 0 bridgehead atoms. The number of hydrogen-bond acceptors (Lipinski definition) is 0. The summed E-state index contributed by atoms with van der Waals surface area (Å²) >= 11 is 1.29. The van der Waals surface area contributed by atoms with Gasteiger partial charge in [0.2, 0.25) is 0 Å². The molecule has 1 aromatic rings. The molecule has 0 aliphatic heterocycles. The number of rotatable bonds is 2. The Bertz CT molecular complexity index is 195. The van der Waals surface area contributed by atoms with E-state index in [-0.39, 0.29) is 17.2 Å². The van der Waals surface area contributed by atoms with Crippen LogP contribution in [0, 0.1) is 7.14 Å². The van der Waals surface area contributed by atoms with Gasteiger partial charge in [-0.15, -0.1) is 0 Å². The molecule has 0 N–H and O–H groups in total. The van der Waals surface area contributed by atoms with E-state index in [2.05, 4.69) is 24.7 Å². The zero-order valence-corrected chi connectivity index (χ0v) is 11.3. The molecular formula is C6H4FI3-2. The van der Waals surface area contributed by atoms with E-state index in [1.54, 1.807) is 0 Å². The Balaban J connectivity index is 2.87. The Morgan fingerprint density at radius 2 is 2.00 bits per heavy atom. The molecule has 0 radical (unpaired) electrons. The van der Waals surface area contributed by atoms with Crippen molar-refractivity contribution in [2.75, 3.05) is 0 Å². The third-order valence-electron chi connectivity index (χ3n) is 0.952. The van der Waals surface area contributed by atoms with Gasteiger partial charge in [-0.05, 0) is 0 Å². The van der Waals surface area contributed by atoms with Gasteiger partial charge in [0.25, 0.3) is 0 Å². The van der Waals surface area contributed by atoms with Crippen molar-refractivity contribution < 1.29 is 41.9 Å². The summed E-state index contributed by atoms with van der Waals surface area (Å²) in [6, 6.07) is 7.88. The number of benzene rings is 1. The van der Waals surface area contributed by atoms with E-state index in [1.165, 1.54) is 3.57 Å². The van der Waals surface area contributed by atoms with Gasteiger partial charge in [-0.2, -0.15) is 0 Å². The topological polar surface area (TPSA) is 0 Å². The zero-order chi connectivity index (χ0) is 7.40. The van der Waals surface area contributed by atoms with Crippen molar-refractivity contribution in [3.63, 3.8) is 0 Å². The first kappa shape index (κ1) is 9.43. The number of hydrogen-bond donors (Lipinski definition) is 0. The quantitative estimate of drug-likeness (QED) is 0.389. The molecule has 58 valence electrons. The van der Waals surface area contributed by atoms with E-state index in [4.69, 9.17) is 0 Å². The second kappa shape index (κ2) is 5.07. The van der Waals surface area contributed by atoms with Crippen molar-refractivity contribution in [3.8, 4) is 0 Å². The van der Waals surface area contributed by atoms with Crippen LogP contribution in [0.5, 0.6) is 0 Å². The molecule has 0 amide bonds. The molecule has 0 aliphatic rings. The van der Waals surface area contributed by atoms with Gasteiger partial charge in [0.1, 0.15) is 0 Å².